The van der Waals surface area contributed by atoms with E-state index in [-0.39, 0.29) is 17.9 Å². The van der Waals surface area contributed by atoms with Gasteiger partial charge in [0, 0.05) is 35.8 Å². The molecule has 4 nitrogen and oxygen atoms in total. The zero-order valence-electron chi connectivity index (χ0n) is 16.4. The molecular formula is C25H21ClN2O2. The third kappa shape index (κ3) is 4.61. The van der Waals surface area contributed by atoms with Gasteiger partial charge in [-0.3, -0.25) is 9.59 Å². The quantitative estimate of drug-likeness (QED) is 0.449. The fraction of sp³-hybridized carbons (Fsp3) is 0.120. The molecule has 0 radical (unpaired) electrons. The van der Waals surface area contributed by atoms with E-state index >= 15 is 0 Å². The van der Waals surface area contributed by atoms with E-state index in [2.05, 4.69) is 0 Å². The van der Waals surface area contributed by atoms with Crippen molar-refractivity contribution in [1.29, 1.82) is 0 Å². The maximum atomic E-state index is 13.3. The Morgan fingerprint density at radius 2 is 1.43 bits per heavy atom. The Morgan fingerprint density at radius 3 is 2.03 bits per heavy atom. The fourth-order valence-electron chi connectivity index (χ4n) is 3.50. The number of fused-ring (bicyclic) bond motifs is 1. The Kier molecular flexibility index (Phi) is 5.96. The van der Waals surface area contributed by atoms with Gasteiger partial charge < -0.3 is 9.47 Å². The van der Waals surface area contributed by atoms with Crippen molar-refractivity contribution >= 4 is 28.4 Å². The molecule has 0 saturated heterocycles. The topological polar surface area (TPSA) is 42.3 Å². The van der Waals surface area contributed by atoms with Crippen LogP contribution in [0.3, 0.4) is 0 Å². The molecule has 1 aromatic heterocycles. The zero-order chi connectivity index (χ0) is 20.9. The van der Waals surface area contributed by atoms with E-state index in [4.69, 9.17) is 11.6 Å². The molecule has 0 saturated carbocycles. The number of aromatic nitrogens is 1. The molecule has 4 aromatic rings. The number of pyridine rings is 1. The van der Waals surface area contributed by atoms with Gasteiger partial charge in [-0.1, -0.05) is 72.3 Å². The summed E-state index contributed by atoms with van der Waals surface area (Å²) in [5.74, 6) is -0.0346. The van der Waals surface area contributed by atoms with Gasteiger partial charge in [-0.2, -0.15) is 0 Å². The normalized spacial score (nSPS) is 10.8. The molecule has 0 aliphatic rings. The molecule has 4 rings (SSSR count). The second-order valence-corrected chi connectivity index (χ2v) is 7.63. The second kappa shape index (κ2) is 8.97. The first-order valence-corrected chi connectivity index (χ1v) is 10.1. The summed E-state index contributed by atoms with van der Waals surface area (Å²) in [7, 11) is 0. The highest BCUT2D eigenvalue weighted by molar-refractivity contribution is 6.31. The monoisotopic (exact) mass is 416 g/mol. The van der Waals surface area contributed by atoms with Crippen LogP contribution >= 0.6 is 11.6 Å². The SMILES string of the molecule is O=C(Cn1ccc(=O)c2ccc(Cl)cc21)N(Cc1ccccc1)Cc1ccccc1. The third-order valence-corrected chi connectivity index (χ3v) is 5.27. The number of carbonyl (C=O) groups excluding carboxylic acids is 1. The molecule has 5 heteroatoms. The minimum Gasteiger partial charge on any atom is -0.338 e. The van der Waals surface area contributed by atoms with Crippen LogP contribution in [0.2, 0.25) is 5.02 Å². The largest absolute Gasteiger partial charge is 0.338 e. The molecule has 1 heterocycles. The summed E-state index contributed by atoms with van der Waals surface area (Å²) in [6.45, 7) is 1.14. The highest BCUT2D eigenvalue weighted by Crippen LogP contribution is 2.18. The van der Waals surface area contributed by atoms with Crippen LogP contribution < -0.4 is 5.43 Å². The van der Waals surface area contributed by atoms with Crippen molar-refractivity contribution in [3.8, 4) is 0 Å². The van der Waals surface area contributed by atoms with Crippen LogP contribution in [0.1, 0.15) is 11.1 Å². The predicted molar refractivity (Wildman–Crippen MR) is 120 cm³/mol. The van der Waals surface area contributed by atoms with Gasteiger partial charge in [-0.25, -0.2) is 0 Å². The summed E-state index contributed by atoms with van der Waals surface area (Å²) in [5.41, 5.74) is 2.70. The smallest absolute Gasteiger partial charge is 0.243 e. The third-order valence-electron chi connectivity index (χ3n) is 5.03. The van der Waals surface area contributed by atoms with Crippen molar-refractivity contribution in [1.82, 2.24) is 9.47 Å². The molecule has 1 amide bonds. The number of carbonyl (C=O) groups is 1. The van der Waals surface area contributed by atoms with Crippen molar-refractivity contribution in [3.63, 3.8) is 0 Å². The molecule has 0 atom stereocenters. The van der Waals surface area contributed by atoms with E-state index in [9.17, 15) is 9.59 Å². The summed E-state index contributed by atoms with van der Waals surface area (Å²) in [5, 5.41) is 1.08. The second-order valence-electron chi connectivity index (χ2n) is 7.19. The Bertz CT molecular complexity index is 1180. The number of nitrogens with zero attached hydrogens (tertiary/aromatic N) is 2. The highest BCUT2D eigenvalue weighted by atomic mass is 35.5. The van der Waals surface area contributed by atoms with Gasteiger partial charge in [0.05, 0.1) is 5.52 Å². The Morgan fingerprint density at radius 1 is 0.833 bits per heavy atom. The molecule has 0 fully saturated rings. The molecule has 150 valence electrons. The van der Waals surface area contributed by atoms with Crippen LogP contribution in [-0.4, -0.2) is 15.4 Å². The van der Waals surface area contributed by atoms with Crippen molar-refractivity contribution in [3.05, 3.63) is 117 Å². The number of benzene rings is 3. The summed E-state index contributed by atoms with van der Waals surface area (Å²) >= 11 is 6.15. The van der Waals surface area contributed by atoms with E-state index in [0.29, 0.717) is 29.0 Å². The van der Waals surface area contributed by atoms with Crippen LogP contribution in [0.4, 0.5) is 0 Å². The lowest BCUT2D eigenvalue weighted by Gasteiger charge is -2.24. The first-order chi connectivity index (χ1) is 14.6. The zero-order valence-corrected chi connectivity index (χ0v) is 17.1. The number of rotatable bonds is 6. The fourth-order valence-corrected chi connectivity index (χ4v) is 3.67. The van der Waals surface area contributed by atoms with Crippen molar-refractivity contribution in [2.75, 3.05) is 0 Å². The minimum atomic E-state index is -0.0872. The first kappa shape index (κ1) is 19.9. The van der Waals surface area contributed by atoms with Crippen LogP contribution in [0.25, 0.3) is 10.9 Å². The molecule has 0 spiro atoms. The summed E-state index contributed by atoms with van der Waals surface area (Å²) in [4.78, 5) is 27.4. The van der Waals surface area contributed by atoms with Crippen LogP contribution in [0.5, 0.6) is 0 Å². The van der Waals surface area contributed by atoms with Gasteiger partial charge in [0.2, 0.25) is 5.91 Å². The average molecular weight is 417 g/mol. The lowest BCUT2D eigenvalue weighted by molar-refractivity contribution is -0.133. The van der Waals surface area contributed by atoms with Gasteiger partial charge in [-0.15, -0.1) is 0 Å². The average Bonchev–Trinajstić information content (AvgIpc) is 2.76. The molecule has 0 unspecified atom stereocenters. The summed E-state index contributed by atoms with van der Waals surface area (Å²) < 4.78 is 1.79. The molecule has 0 N–H and O–H groups in total. The van der Waals surface area contributed by atoms with Gasteiger partial charge in [0.15, 0.2) is 5.43 Å². The van der Waals surface area contributed by atoms with Crippen LogP contribution in [-0.2, 0) is 24.4 Å². The van der Waals surface area contributed by atoms with E-state index in [1.165, 1.54) is 6.07 Å². The lowest BCUT2D eigenvalue weighted by atomic mass is 10.1. The minimum absolute atomic E-state index is 0.0346. The number of amides is 1. The van der Waals surface area contributed by atoms with E-state index in [1.54, 1.807) is 29.0 Å². The van der Waals surface area contributed by atoms with Crippen LogP contribution in [0, 0.1) is 0 Å². The van der Waals surface area contributed by atoms with Crippen LogP contribution in [0.15, 0.2) is 95.9 Å². The summed E-state index contributed by atoms with van der Waals surface area (Å²) in [6, 6.07) is 26.5. The van der Waals surface area contributed by atoms with E-state index in [1.807, 2.05) is 65.6 Å². The van der Waals surface area contributed by atoms with Gasteiger partial charge >= 0.3 is 0 Å². The standard InChI is InChI=1S/C25H21ClN2O2/c26-21-11-12-22-23(15-21)27(14-13-24(22)29)18-25(30)28(16-19-7-3-1-4-8-19)17-20-9-5-2-6-10-20/h1-15H,16-18H2. The lowest BCUT2D eigenvalue weighted by Crippen LogP contribution is -2.33. The van der Waals surface area contributed by atoms with E-state index in [0.717, 1.165) is 11.1 Å². The Hall–Kier alpha value is -3.37. The number of halogens is 1. The van der Waals surface area contributed by atoms with Gasteiger partial charge in [0.25, 0.3) is 0 Å². The van der Waals surface area contributed by atoms with Gasteiger partial charge in [0.1, 0.15) is 6.54 Å². The van der Waals surface area contributed by atoms with Gasteiger partial charge in [-0.05, 0) is 29.3 Å². The molecule has 3 aromatic carbocycles. The summed E-state index contributed by atoms with van der Waals surface area (Å²) in [6.07, 6.45) is 1.65. The maximum absolute atomic E-state index is 13.3. The molecule has 0 bridgehead atoms. The Balaban J connectivity index is 1.65. The highest BCUT2D eigenvalue weighted by Gasteiger charge is 2.16. The first-order valence-electron chi connectivity index (χ1n) is 9.74. The number of hydrogen-bond donors (Lipinski definition) is 0. The van der Waals surface area contributed by atoms with Crippen molar-refractivity contribution < 1.29 is 4.79 Å². The molecule has 0 aliphatic carbocycles. The number of hydrogen-bond acceptors (Lipinski definition) is 2. The van der Waals surface area contributed by atoms with E-state index < -0.39 is 0 Å². The van der Waals surface area contributed by atoms with Crippen molar-refractivity contribution in [2.24, 2.45) is 0 Å². The predicted octanol–water partition coefficient (Wildman–Crippen LogP) is 4.88. The molecule has 0 aliphatic heterocycles. The molecular weight excluding hydrogens is 396 g/mol. The molecule has 30 heavy (non-hydrogen) atoms. The van der Waals surface area contributed by atoms with Crippen molar-refractivity contribution in [2.45, 2.75) is 19.6 Å². The maximum Gasteiger partial charge on any atom is 0.243 e. The Labute approximate surface area is 180 Å².